The van der Waals surface area contributed by atoms with Crippen LogP contribution in [0.1, 0.15) is 18.1 Å². The van der Waals surface area contributed by atoms with Gasteiger partial charge in [0.05, 0.1) is 9.83 Å². The molecule has 1 aromatic heterocycles. The van der Waals surface area contributed by atoms with E-state index in [2.05, 4.69) is 10.3 Å². The lowest BCUT2D eigenvalue weighted by Gasteiger charge is -2.12. The fourth-order valence-electron chi connectivity index (χ4n) is 3.25. The molecule has 1 aliphatic rings. The second-order valence-electron chi connectivity index (χ2n) is 7.65. The number of nitrogens with zero attached hydrogens (tertiary/aromatic N) is 3. The predicted molar refractivity (Wildman–Crippen MR) is 135 cm³/mol. The molecule has 3 amide bonds. The van der Waals surface area contributed by atoms with Crippen LogP contribution in [0.4, 0.5) is 16.2 Å². The lowest BCUT2D eigenvalue weighted by molar-refractivity contribution is -0.385. The van der Waals surface area contributed by atoms with E-state index in [1.807, 2.05) is 19.1 Å². The normalized spacial score (nSPS) is 14.2. The van der Waals surface area contributed by atoms with Crippen molar-refractivity contribution in [3.8, 4) is 11.6 Å². The predicted octanol–water partition coefficient (Wildman–Crippen LogP) is 5.02. The Kier molecular flexibility index (Phi) is 7.40. The molecule has 36 heavy (non-hydrogen) atoms. The summed E-state index contributed by atoms with van der Waals surface area (Å²) in [5.41, 5.74) is 2.22. The Labute approximate surface area is 210 Å². The van der Waals surface area contributed by atoms with Crippen molar-refractivity contribution in [1.82, 2.24) is 9.88 Å². The summed E-state index contributed by atoms with van der Waals surface area (Å²) in [7, 11) is 0. The van der Waals surface area contributed by atoms with E-state index in [4.69, 9.17) is 4.74 Å². The minimum absolute atomic E-state index is 0.144. The van der Waals surface area contributed by atoms with Gasteiger partial charge in [-0.3, -0.25) is 29.4 Å². The first-order chi connectivity index (χ1) is 17.3. The maximum Gasteiger partial charge on any atom is 0.294 e. The number of thioether (sulfide) groups is 1. The zero-order chi connectivity index (χ0) is 25.7. The van der Waals surface area contributed by atoms with Gasteiger partial charge in [-0.15, -0.1) is 0 Å². The number of anilines is 1. The summed E-state index contributed by atoms with van der Waals surface area (Å²) in [6, 6.07) is 16.7. The molecular formula is C25H20N4O6S. The smallest absolute Gasteiger partial charge is 0.294 e. The number of nitro groups is 1. The molecule has 1 fully saturated rings. The number of rotatable bonds is 8. The van der Waals surface area contributed by atoms with Crippen molar-refractivity contribution in [2.75, 3.05) is 11.9 Å². The molecule has 0 atom stereocenters. The minimum atomic E-state index is -0.551. The summed E-state index contributed by atoms with van der Waals surface area (Å²) in [6.45, 7) is 1.65. The Morgan fingerprint density at radius 3 is 2.44 bits per heavy atom. The Morgan fingerprint density at radius 1 is 1.11 bits per heavy atom. The molecule has 1 saturated heterocycles. The van der Waals surface area contributed by atoms with Crippen LogP contribution >= 0.6 is 11.8 Å². The van der Waals surface area contributed by atoms with Crippen molar-refractivity contribution in [3.05, 3.63) is 93.0 Å². The van der Waals surface area contributed by atoms with Gasteiger partial charge in [0, 0.05) is 17.8 Å². The molecule has 182 valence electrons. The van der Waals surface area contributed by atoms with Gasteiger partial charge in [-0.05, 0) is 59.7 Å². The van der Waals surface area contributed by atoms with Crippen molar-refractivity contribution in [2.24, 2.45) is 0 Å². The molecule has 2 aromatic carbocycles. The second kappa shape index (κ2) is 10.8. The van der Waals surface area contributed by atoms with Crippen molar-refractivity contribution in [1.29, 1.82) is 0 Å². The van der Waals surface area contributed by atoms with Gasteiger partial charge in [-0.25, -0.2) is 4.98 Å². The molecule has 0 aliphatic carbocycles. The van der Waals surface area contributed by atoms with Crippen molar-refractivity contribution >= 4 is 46.3 Å². The average molecular weight is 505 g/mol. The van der Waals surface area contributed by atoms with Gasteiger partial charge < -0.3 is 10.1 Å². The average Bonchev–Trinajstić information content (AvgIpc) is 3.13. The molecular weight excluding hydrogens is 484 g/mol. The molecule has 4 rings (SSSR count). The molecule has 1 aliphatic heterocycles. The number of aromatic nitrogens is 1. The van der Waals surface area contributed by atoms with E-state index < -0.39 is 22.0 Å². The summed E-state index contributed by atoms with van der Waals surface area (Å²) in [4.78, 5) is 52.6. The van der Waals surface area contributed by atoms with Gasteiger partial charge in [0.2, 0.25) is 11.8 Å². The topological polar surface area (TPSA) is 132 Å². The number of ether oxygens (including phenoxy) is 1. The van der Waals surface area contributed by atoms with E-state index >= 15 is 0 Å². The first-order valence-corrected chi connectivity index (χ1v) is 11.7. The van der Waals surface area contributed by atoms with Gasteiger partial charge >= 0.3 is 0 Å². The number of amides is 3. The Hall–Kier alpha value is -4.51. The van der Waals surface area contributed by atoms with E-state index in [1.54, 1.807) is 42.5 Å². The van der Waals surface area contributed by atoms with E-state index in [1.165, 1.54) is 12.1 Å². The highest BCUT2D eigenvalue weighted by Crippen LogP contribution is 2.32. The fourth-order valence-corrected chi connectivity index (χ4v) is 4.09. The number of hydrogen-bond acceptors (Lipinski definition) is 8. The maximum atomic E-state index is 12.7. The number of nitrogens with one attached hydrogen (secondary N) is 1. The summed E-state index contributed by atoms with van der Waals surface area (Å²) < 4.78 is 5.57. The van der Waals surface area contributed by atoms with Crippen LogP contribution in [0.25, 0.3) is 6.08 Å². The number of pyridine rings is 1. The fraction of sp³-hybridized carbons (Fsp3) is 0.120. The van der Waals surface area contributed by atoms with Crippen LogP contribution in [0, 0.1) is 10.1 Å². The summed E-state index contributed by atoms with van der Waals surface area (Å²) in [6.07, 6.45) is 3.53. The van der Waals surface area contributed by atoms with Crippen LogP contribution in [0.15, 0.2) is 71.8 Å². The van der Waals surface area contributed by atoms with Gasteiger partial charge in [0.15, 0.2) is 0 Å². The van der Waals surface area contributed by atoms with Crippen LogP contribution in [-0.2, 0) is 16.0 Å². The van der Waals surface area contributed by atoms with E-state index in [0.29, 0.717) is 17.0 Å². The molecule has 0 spiro atoms. The number of carbonyl (C=O) groups is 3. The van der Waals surface area contributed by atoms with E-state index in [-0.39, 0.29) is 23.0 Å². The highest BCUT2D eigenvalue weighted by atomic mass is 32.2. The third-order valence-corrected chi connectivity index (χ3v) is 6.06. The molecule has 0 saturated carbocycles. The first kappa shape index (κ1) is 24.6. The standard InChI is InChI=1S/C25H20N4O6S/c1-2-16-3-7-18(8-4-16)27-22(30)15-28-24(31)21(36-25(28)32)13-17-5-10-20(11-6-17)35-23-12-9-19(14-26-23)29(33)34/h3-14H,2,15H2,1H3,(H,27,30)/b21-13-. The zero-order valence-electron chi connectivity index (χ0n) is 19.0. The molecule has 0 radical (unpaired) electrons. The maximum absolute atomic E-state index is 12.7. The SMILES string of the molecule is CCc1ccc(NC(=O)CN2C(=O)S/C(=C\c3ccc(Oc4ccc([N+](=O)[O-])cn4)cc3)C2=O)cc1. The number of aryl methyl sites for hydroxylation is 1. The van der Waals surface area contributed by atoms with Crippen LogP contribution in [0.2, 0.25) is 0 Å². The van der Waals surface area contributed by atoms with Crippen molar-refractivity contribution < 1.29 is 24.0 Å². The highest BCUT2D eigenvalue weighted by molar-refractivity contribution is 8.18. The third kappa shape index (κ3) is 5.94. The van der Waals surface area contributed by atoms with Crippen LogP contribution in [0.3, 0.4) is 0 Å². The van der Waals surface area contributed by atoms with Crippen LogP contribution in [-0.4, -0.2) is 38.4 Å². The van der Waals surface area contributed by atoms with Gasteiger partial charge in [-0.1, -0.05) is 31.2 Å². The highest BCUT2D eigenvalue weighted by Gasteiger charge is 2.36. The summed E-state index contributed by atoms with van der Waals surface area (Å²) >= 11 is 0.763. The lowest BCUT2D eigenvalue weighted by atomic mass is 10.1. The lowest BCUT2D eigenvalue weighted by Crippen LogP contribution is -2.36. The number of hydrogen-bond donors (Lipinski definition) is 1. The van der Waals surface area contributed by atoms with Gasteiger partial charge in [0.1, 0.15) is 18.5 Å². The largest absolute Gasteiger partial charge is 0.439 e. The molecule has 0 unspecified atom stereocenters. The number of carbonyl (C=O) groups excluding carboxylic acids is 3. The van der Waals surface area contributed by atoms with Crippen LogP contribution in [0.5, 0.6) is 11.6 Å². The quantitative estimate of drug-likeness (QED) is 0.257. The number of benzene rings is 2. The second-order valence-corrected chi connectivity index (χ2v) is 8.64. The molecule has 0 bridgehead atoms. The Balaban J connectivity index is 1.37. The molecule has 2 heterocycles. The number of imide groups is 1. The van der Waals surface area contributed by atoms with Gasteiger partial charge in [0.25, 0.3) is 16.8 Å². The monoisotopic (exact) mass is 504 g/mol. The third-order valence-electron chi connectivity index (χ3n) is 5.15. The molecule has 11 heteroatoms. The molecule has 10 nitrogen and oxygen atoms in total. The van der Waals surface area contributed by atoms with E-state index in [0.717, 1.165) is 34.8 Å². The molecule has 1 N–H and O–H groups in total. The minimum Gasteiger partial charge on any atom is -0.439 e. The zero-order valence-corrected chi connectivity index (χ0v) is 19.9. The Bertz CT molecular complexity index is 1340. The molecule has 3 aromatic rings. The van der Waals surface area contributed by atoms with Crippen molar-refractivity contribution in [2.45, 2.75) is 13.3 Å². The van der Waals surface area contributed by atoms with Gasteiger partial charge in [-0.2, -0.15) is 0 Å². The first-order valence-electron chi connectivity index (χ1n) is 10.8. The summed E-state index contributed by atoms with van der Waals surface area (Å²) in [5, 5.41) is 12.9. The van der Waals surface area contributed by atoms with E-state index in [9.17, 15) is 24.5 Å². The van der Waals surface area contributed by atoms with Crippen LogP contribution < -0.4 is 10.1 Å². The Morgan fingerprint density at radius 2 is 1.83 bits per heavy atom. The van der Waals surface area contributed by atoms with Crippen molar-refractivity contribution in [3.63, 3.8) is 0 Å². The summed E-state index contributed by atoms with van der Waals surface area (Å²) in [5.74, 6) is -0.389.